The first-order chi connectivity index (χ1) is 31.5. The van der Waals surface area contributed by atoms with Crippen LogP contribution < -0.4 is 0 Å². The highest BCUT2D eigenvalue weighted by Gasteiger charge is 2.61. The maximum Gasteiger partial charge on any atom is 0.302 e. The second-order valence-corrected chi connectivity index (χ2v) is 23.9. The van der Waals surface area contributed by atoms with E-state index in [1.807, 2.05) is 0 Å². The summed E-state index contributed by atoms with van der Waals surface area (Å²) in [6.07, 6.45) is 39.9. The standard InChI is InChI=1S/C58H90O7/c1-39(59)64-53-27-25-51-55-41(35-43-37-45(61)21-23-47(43)49(55)29-31-57(51,53)3)19-15-11-7-5-9-13-17-33-63-34-18-14-10-6-8-12-16-20-42-36-44-38-46(62)22-24-48(44)50-30-32-58(4)52(56(42)50)26-28-54(58)65-40(2)60/h37-38,41-42,47-56H,5-36H2,1-4H3/t41-,42-,47?,48?,49-,50-,51+,52+,53+,54+,55-,56-,57+,58+/m1/s1. The number of hydrogen-bond donors (Lipinski definition) is 0. The van der Waals surface area contributed by atoms with Crippen LogP contribution in [0.4, 0.5) is 0 Å². The van der Waals surface area contributed by atoms with Gasteiger partial charge in [-0.05, 0) is 174 Å². The first kappa shape index (κ1) is 49.2. The second kappa shape index (κ2) is 22.4. The van der Waals surface area contributed by atoms with Crippen molar-refractivity contribution in [3.05, 3.63) is 23.3 Å². The number of ketones is 2. The minimum Gasteiger partial charge on any atom is -0.462 e. The molecule has 6 saturated carbocycles. The van der Waals surface area contributed by atoms with E-state index in [2.05, 4.69) is 26.0 Å². The Kier molecular flexibility index (Phi) is 17.0. The fourth-order valence-electron chi connectivity index (χ4n) is 17.1. The molecule has 2 unspecified atom stereocenters. The second-order valence-electron chi connectivity index (χ2n) is 23.9. The van der Waals surface area contributed by atoms with E-state index >= 15 is 0 Å². The van der Waals surface area contributed by atoms with Gasteiger partial charge in [-0.25, -0.2) is 0 Å². The lowest BCUT2D eigenvalue weighted by molar-refractivity contribution is -0.158. The monoisotopic (exact) mass is 899 g/mol. The molecule has 7 heteroatoms. The molecule has 0 amide bonds. The van der Waals surface area contributed by atoms with Crippen LogP contribution in [0.1, 0.15) is 220 Å². The Hall–Kier alpha value is -2.28. The van der Waals surface area contributed by atoms with Crippen molar-refractivity contribution in [1.82, 2.24) is 0 Å². The molecule has 0 aromatic rings. The fourth-order valence-corrected chi connectivity index (χ4v) is 17.1. The molecule has 0 aromatic heterocycles. The quantitative estimate of drug-likeness (QED) is 0.0789. The Morgan fingerprint density at radius 2 is 0.908 bits per heavy atom. The van der Waals surface area contributed by atoms with Crippen LogP contribution in [0.5, 0.6) is 0 Å². The van der Waals surface area contributed by atoms with E-state index in [-0.39, 0.29) is 35.0 Å². The normalized spacial score (nSPS) is 38.3. The predicted octanol–water partition coefficient (Wildman–Crippen LogP) is 13.8. The maximum atomic E-state index is 12.5. The number of carbonyl (C=O) groups excluding carboxylic acids is 4. The number of fused-ring (bicyclic) bond motifs is 10. The summed E-state index contributed by atoms with van der Waals surface area (Å²) in [4.78, 5) is 49.0. The topological polar surface area (TPSA) is 96.0 Å². The number of unbranched alkanes of at least 4 members (excludes halogenated alkanes) is 12. The third-order valence-corrected chi connectivity index (χ3v) is 20.1. The van der Waals surface area contributed by atoms with Crippen LogP contribution >= 0.6 is 0 Å². The molecular weight excluding hydrogens is 809 g/mol. The number of rotatable bonds is 22. The van der Waals surface area contributed by atoms with Crippen molar-refractivity contribution < 1.29 is 33.4 Å². The molecule has 65 heavy (non-hydrogen) atoms. The molecule has 8 rings (SSSR count). The summed E-state index contributed by atoms with van der Waals surface area (Å²) in [6, 6.07) is 0. The van der Waals surface area contributed by atoms with Gasteiger partial charge in [-0.3, -0.25) is 19.2 Å². The van der Waals surface area contributed by atoms with Crippen LogP contribution in [-0.4, -0.2) is 48.9 Å². The summed E-state index contributed by atoms with van der Waals surface area (Å²) in [6.45, 7) is 9.83. The highest BCUT2D eigenvalue weighted by atomic mass is 16.5. The molecule has 0 aromatic carbocycles. The van der Waals surface area contributed by atoms with Crippen LogP contribution in [0.15, 0.2) is 23.3 Å². The smallest absolute Gasteiger partial charge is 0.302 e. The van der Waals surface area contributed by atoms with Crippen LogP contribution in [0.2, 0.25) is 0 Å². The molecule has 8 aliphatic carbocycles. The summed E-state index contributed by atoms with van der Waals surface area (Å²) in [5.41, 5.74) is 3.18. The molecule has 0 saturated heterocycles. The van der Waals surface area contributed by atoms with Crippen molar-refractivity contribution >= 4 is 23.5 Å². The van der Waals surface area contributed by atoms with Gasteiger partial charge in [0, 0.05) is 50.7 Å². The summed E-state index contributed by atoms with van der Waals surface area (Å²) < 4.78 is 18.0. The summed E-state index contributed by atoms with van der Waals surface area (Å²) in [7, 11) is 0. The Balaban J connectivity index is 0.656. The first-order valence-corrected chi connectivity index (χ1v) is 27.8. The first-order valence-electron chi connectivity index (χ1n) is 27.8. The Morgan fingerprint density at radius 1 is 0.523 bits per heavy atom. The summed E-state index contributed by atoms with van der Waals surface area (Å²) in [5, 5.41) is 0. The highest BCUT2D eigenvalue weighted by Crippen LogP contribution is 2.66. The average molecular weight is 899 g/mol. The van der Waals surface area contributed by atoms with E-state index in [0.29, 0.717) is 70.7 Å². The molecule has 0 radical (unpaired) electrons. The van der Waals surface area contributed by atoms with Crippen LogP contribution in [0, 0.1) is 70.0 Å². The van der Waals surface area contributed by atoms with Crippen molar-refractivity contribution in [2.75, 3.05) is 13.2 Å². The van der Waals surface area contributed by atoms with Crippen LogP contribution in [0.25, 0.3) is 0 Å². The molecular formula is C58H90O7. The summed E-state index contributed by atoms with van der Waals surface area (Å²) in [5.74, 6) is 7.13. The van der Waals surface area contributed by atoms with Gasteiger partial charge < -0.3 is 14.2 Å². The zero-order valence-corrected chi connectivity index (χ0v) is 41.6. The van der Waals surface area contributed by atoms with Gasteiger partial charge in [0.25, 0.3) is 0 Å². The average Bonchev–Trinajstić information content (AvgIpc) is 3.78. The Labute approximate surface area is 394 Å². The van der Waals surface area contributed by atoms with E-state index < -0.39 is 0 Å². The molecule has 0 aliphatic heterocycles. The minimum atomic E-state index is -0.122. The zero-order chi connectivity index (χ0) is 45.6. The van der Waals surface area contributed by atoms with Gasteiger partial charge in [0.05, 0.1) is 0 Å². The van der Waals surface area contributed by atoms with Crippen molar-refractivity contribution in [2.45, 2.75) is 233 Å². The van der Waals surface area contributed by atoms with Gasteiger partial charge in [0.2, 0.25) is 0 Å². The summed E-state index contributed by atoms with van der Waals surface area (Å²) >= 11 is 0. The number of esters is 2. The third-order valence-electron chi connectivity index (χ3n) is 20.1. The molecule has 364 valence electrons. The van der Waals surface area contributed by atoms with Gasteiger partial charge in [-0.2, -0.15) is 0 Å². The van der Waals surface area contributed by atoms with Gasteiger partial charge in [-0.1, -0.05) is 102 Å². The lowest BCUT2D eigenvalue weighted by atomic mass is 9.49. The number of allylic oxidation sites excluding steroid dienone is 2. The van der Waals surface area contributed by atoms with Crippen LogP contribution in [0.3, 0.4) is 0 Å². The lowest BCUT2D eigenvalue weighted by Gasteiger charge is -2.56. The Morgan fingerprint density at radius 3 is 1.31 bits per heavy atom. The molecule has 0 heterocycles. The van der Waals surface area contributed by atoms with E-state index in [9.17, 15) is 19.2 Å². The van der Waals surface area contributed by atoms with E-state index in [0.717, 1.165) is 77.4 Å². The van der Waals surface area contributed by atoms with E-state index in [4.69, 9.17) is 14.2 Å². The number of hydrogen-bond acceptors (Lipinski definition) is 7. The van der Waals surface area contributed by atoms with E-state index in [1.54, 1.807) is 13.8 Å². The van der Waals surface area contributed by atoms with Gasteiger partial charge in [0.1, 0.15) is 12.2 Å². The fraction of sp³-hybridized carbons (Fsp3) is 0.862. The molecule has 0 bridgehead atoms. The number of ether oxygens (including phenoxy) is 3. The van der Waals surface area contributed by atoms with Gasteiger partial charge in [0.15, 0.2) is 11.6 Å². The lowest BCUT2D eigenvalue weighted by Crippen LogP contribution is -2.51. The van der Waals surface area contributed by atoms with Crippen molar-refractivity contribution in [3.63, 3.8) is 0 Å². The van der Waals surface area contributed by atoms with Gasteiger partial charge >= 0.3 is 11.9 Å². The minimum absolute atomic E-state index is 0.0764. The number of carbonyl (C=O) groups is 4. The van der Waals surface area contributed by atoms with Crippen molar-refractivity contribution in [2.24, 2.45) is 70.0 Å². The van der Waals surface area contributed by atoms with Crippen molar-refractivity contribution in [3.8, 4) is 0 Å². The highest BCUT2D eigenvalue weighted by molar-refractivity contribution is 5.91. The molecule has 14 atom stereocenters. The molecule has 6 fully saturated rings. The molecule has 8 aliphatic rings. The van der Waals surface area contributed by atoms with Crippen molar-refractivity contribution in [1.29, 1.82) is 0 Å². The predicted molar refractivity (Wildman–Crippen MR) is 258 cm³/mol. The molecule has 0 N–H and O–H groups in total. The third kappa shape index (κ3) is 11.3. The largest absolute Gasteiger partial charge is 0.462 e. The van der Waals surface area contributed by atoms with Gasteiger partial charge in [-0.15, -0.1) is 0 Å². The maximum absolute atomic E-state index is 12.5. The molecule has 7 nitrogen and oxygen atoms in total. The van der Waals surface area contributed by atoms with E-state index in [1.165, 1.54) is 140 Å². The Bertz CT molecular complexity index is 1590. The molecule has 0 spiro atoms. The van der Waals surface area contributed by atoms with Crippen LogP contribution in [-0.2, 0) is 33.4 Å². The SMILES string of the molecule is CC(=O)O[C@H]1CC[C@H]2[C@@H]3[C@H](CCCCCCCCCOCCCCCCCCC[C@@H]4CC5=CC(=O)CCC5[C@H]5CC[C@]6(C)[C@@H](OC(C)=O)CC[C@H]6[C@H]45)CC4=CC(=O)CCC4[C@H]3CC[C@]12C. The zero-order valence-electron chi connectivity index (χ0n) is 41.6.